The largest absolute Gasteiger partial charge is 0.386 e. The summed E-state index contributed by atoms with van der Waals surface area (Å²) in [5.74, 6) is 1.57. The van der Waals surface area contributed by atoms with E-state index in [2.05, 4.69) is 40.7 Å². The summed E-state index contributed by atoms with van der Waals surface area (Å²) in [6, 6.07) is 10.8. The Morgan fingerprint density at radius 3 is 2.92 bits per heavy atom. The fraction of sp³-hybridized carbons (Fsp3) is 0.500. The second-order valence-electron chi connectivity index (χ2n) is 6.19. The predicted molar refractivity (Wildman–Crippen MR) is 114 cm³/mol. The van der Waals surface area contributed by atoms with E-state index in [9.17, 15) is 5.11 Å². The molecule has 3 N–H and O–H groups in total. The number of rotatable bonds is 6. The van der Waals surface area contributed by atoms with Crippen LogP contribution >= 0.6 is 35.3 Å². The van der Waals surface area contributed by atoms with Crippen molar-refractivity contribution < 1.29 is 5.11 Å². The van der Waals surface area contributed by atoms with Gasteiger partial charge in [0.15, 0.2) is 5.96 Å². The molecule has 2 aromatic rings. The lowest BCUT2D eigenvalue weighted by Crippen LogP contribution is -2.40. The molecule has 0 amide bonds. The molecule has 24 heavy (non-hydrogen) atoms. The zero-order chi connectivity index (χ0) is 16.2. The van der Waals surface area contributed by atoms with Crippen LogP contribution in [0.2, 0.25) is 0 Å². The molecule has 132 valence electrons. The van der Waals surface area contributed by atoms with Gasteiger partial charge in [-0.25, -0.2) is 0 Å². The fourth-order valence-corrected chi connectivity index (χ4v) is 4.00. The van der Waals surface area contributed by atoms with Crippen molar-refractivity contribution >= 4 is 51.4 Å². The Hall–Kier alpha value is -0.860. The predicted octanol–water partition coefficient (Wildman–Crippen LogP) is 3.91. The first-order valence-electron chi connectivity index (χ1n) is 8.35. The molecule has 0 saturated heterocycles. The molecule has 3 unspecified atom stereocenters. The molecule has 0 bridgehead atoms. The molecule has 0 aliphatic heterocycles. The second-order valence-corrected chi connectivity index (χ2v) is 7.31. The number of fused-ring (bicyclic) bond motifs is 1. The summed E-state index contributed by atoms with van der Waals surface area (Å²) in [6.07, 6.45) is 3.23. The summed E-state index contributed by atoms with van der Waals surface area (Å²) < 4.78 is 1.21. The Kier molecular flexibility index (Phi) is 7.31. The van der Waals surface area contributed by atoms with Gasteiger partial charge in [0.1, 0.15) is 6.10 Å². The summed E-state index contributed by atoms with van der Waals surface area (Å²) in [7, 11) is 1.78. The zero-order valence-electron chi connectivity index (χ0n) is 14.2. The SMILES string of the molecule is CCCC1CC1NC(=NC)NCC(O)c1cc2ccccc2s1.I. The van der Waals surface area contributed by atoms with Gasteiger partial charge < -0.3 is 15.7 Å². The minimum Gasteiger partial charge on any atom is -0.386 e. The van der Waals surface area contributed by atoms with Crippen molar-refractivity contribution in [3.8, 4) is 0 Å². The Balaban J connectivity index is 0.00000208. The van der Waals surface area contributed by atoms with Crippen LogP contribution in [0.25, 0.3) is 10.1 Å². The van der Waals surface area contributed by atoms with E-state index in [4.69, 9.17) is 0 Å². The van der Waals surface area contributed by atoms with Crippen molar-refractivity contribution in [3.63, 3.8) is 0 Å². The molecule has 3 rings (SSSR count). The molecular weight excluding hydrogens is 433 g/mol. The number of aliphatic hydroxyl groups excluding tert-OH is 1. The van der Waals surface area contributed by atoms with Crippen LogP contribution < -0.4 is 10.6 Å². The maximum atomic E-state index is 10.4. The third kappa shape index (κ3) is 4.83. The van der Waals surface area contributed by atoms with Crippen molar-refractivity contribution in [1.82, 2.24) is 10.6 Å². The molecule has 1 saturated carbocycles. The number of hydrogen-bond acceptors (Lipinski definition) is 3. The van der Waals surface area contributed by atoms with E-state index in [0.29, 0.717) is 12.6 Å². The average molecular weight is 459 g/mol. The van der Waals surface area contributed by atoms with Crippen LogP contribution in [0, 0.1) is 5.92 Å². The number of thiophene rings is 1. The highest BCUT2D eigenvalue weighted by Gasteiger charge is 2.36. The molecule has 1 aliphatic rings. The maximum absolute atomic E-state index is 10.4. The Bertz CT molecular complexity index is 655. The van der Waals surface area contributed by atoms with Gasteiger partial charge in [-0.2, -0.15) is 0 Å². The van der Waals surface area contributed by atoms with Crippen LogP contribution in [-0.2, 0) is 0 Å². The highest BCUT2D eigenvalue weighted by atomic mass is 127. The molecule has 3 atom stereocenters. The lowest BCUT2D eigenvalue weighted by molar-refractivity contribution is 0.184. The molecule has 4 nitrogen and oxygen atoms in total. The molecule has 6 heteroatoms. The van der Waals surface area contributed by atoms with E-state index in [1.807, 2.05) is 12.1 Å². The van der Waals surface area contributed by atoms with E-state index in [1.54, 1.807) is 18.4 Å². The Morgan fingerprint density at radius 2 is 2.21 bits per heavy atom. The number of nitrogens with zero attached hydrogens (tertiary/aromatic N) is 1. The smallest absolute Gasteiger partial charge is 0.191 e. The van der Waals surface area contributed by atoms with Gasteiger partial charge in [0.25, 0.3) is 0 Å². The van der Waals surface area contributed by atoms with Crippen molar-refractivity contribution in [2.75, 3.05) is 13.6 Å². The molecular formula is C18H26IN3OS. The van der Waals surface area contributed by atoms with Gasteiger partial charge in [-0.3, -0.25) is 4.99 Å². The standard InChI is InChI=1S/C18H25N3OS.HI/c1-3-6-12-9-14(12)21-18(19-2)20-11-15(22)17-10-13-7-4-5-8-16(13)23-17;/h4-5,7-8,10,12,14-15,22H,3,6,9,11H2,1-2H3,(H2,19,20,21);1H. The number of guanidine groups is 1. The Labute approximate surface area is 164 Å². The van der Waals surface area contributed by atoms with Crippen LogP contribution in [0.4, 0.5) is 0 Å². The van der Waals surface area contributed by atoms with Gasteiger partial charge in [0.2, 0.25) is 0 Å². The van der Waals surface area contributed by atoms with Gasteiger partial charge in [0.05, 0.1) is 0 Å². The van der Waals surface area contributed by atoms with Crippen molar-refractivity contribution in [3.05, 3.63) is 35.2 Å². The zero-order valence-corrected chi connectivity index (χ0v) is 17.3. The first-order valence-corrected chi connectivity index (χ1v) is 9.16. The normalized spacial score (nSPS) is 21.2. The van der Waals surface area contributed by atoms with Crippen LogP contribution in [0.3, 0.4) is 0 Å². The Morgan fingerprint density at radius 1 is 1.42 bits per heavy atom. The molecule has 1 fully saturated rings. The van der Waals surface area contributed by atoms with Gasteiger partial charge >= 0.3 is 0 Å². The quantitative estimate of drug-likeness (QED) is 0.349. The number of aliphatic imine (C=N–C) groups is 1. The second kappa shape index (κ2) is 9.01. The van der Waals surface area contributed by atoms with Gasteiger partial charge in [-0.15, -0.1) is 35.3 Å². The summed E-state index contributed by atoms with van der Waals surface area (Å²) in [6.45, 7) is 2.70. The van der Waals surface area contributed by atoms with E-state index in [1.165, 1.54) is 29.3 Å². The van der Waals surface area contributed by atoms with Crippen LogP contribution in [0.15, 0.2) is 35.3 Å². The molecule has 0 spiro atoms. The number of nitrogens with one attached hydrogen (secondary N) is 2. The number of benzene rings is 1. The first kappa shape index (κ1) is 19.5. The van der Waals surface area contributed by atoms with E-state index < -0.39 is 6.10 Å². The molecule has 1 aliphatic carbocycles. The monoisotopic (exact) mass is 459 g/mol. The molecule has 1 heterocycles. The highest BCUT2D eigenvalue weighted by molar-refractivity contribution is 14.0. The third-order valence-corrected chi connectivity index (χ3v) is 5.58. The molecule has 1 aromatic heterocycles. The minimum atomic E-state index is -0.517. The summed E-state index contributed by atoms with van der Waals surface area (Å²) in [5.41, 5.74) is 0. The minimum absolute atomic E-state index is 0. The van der Waals surface area contributed by atoms with Gasteiger partial charge in [-0.1, -0.05) is 31.5 Å². The summed E-state index contributed by atoms with van der Waals surface area (Å²) in [5, 5.41) is 18.3. The van der Waals surface area contributed by atoms with Crippen molar-refractivity contribution in [2.45, 2.75) is 38.3 Å². The molecule has 1 aromatic carbocycles. The number of hydrogen-bond donors (Lipinski definition) is 3. The van der Waals surface area contributed by atoms with Crippen LogP contribution in [0.1, 0.15) is 37.2 Å². The van der Waals surface area contributed by atoms with E-state index in [0.717, 1.165) is 16.8 Å². The lowest BCUT2D eigenvalue weighted by atomic mass is 10.2. The number of halogens is 1. The van der Waals surface area contributed by atoms with Crippen LogP contribution in [0.5, 0.6) is 0 Å². The summed E-state index contributed by atoms with van der Waals surface area (Å²) in [4.78, 5) is 5.25. The lowest BCUT2D eigenvalue weighted by Gasteiger charge is -2.14. The maximum Gasteiger partial charge on any atom is 0.191 e. The van der Waals surface area contributed by atoms with Crippen LogP contribution in [-0.4, -0.2) is 30.7 Å². The number of aliphatic hydroxyl groups is 1. The van der Waals surface area contributed by atoms with E-state index >= 15 is 0 Å². The van der Waals surface area contributed by atoms with Crippen molar-refractivity contribution in [2.24, 2.45) is 10.9 Å². The average Bonchev–Trinajstić information content (AvgIpc) is 3.14. The summed E-state index contributed by atoms with van der Waals surface area (Å²) >= 11 is 1.65. The van der Waals surface area contributed by atoms with Gasteiger partial charge in [0, 0.05) is 29.2 Å². The fourth-order valence-electron chi connectivity index (χ4n) is 2.95. The highest BCUT2D eigenvalue weighted by Crippen LogP contribution is 2.34. The first-order chi connectivity index (χ1) is 11.2. The molecule has 0 radical (unpaired) electrons. The topological polar surface area (TPSA) is 56.7 Å². The van der Waals surface area contributed by atoms with Crippen molar-refractivity contribution in [1.29, 1.82) is 0 Å². The van der Waals surface area contributed by atoms with Gasteiger partial charge in [-0.05, 0) is 36.3 Å². The van der Waals surface area contributed by atoms with E-state index in [-0.39, 0.29) is 24.0 Å². The third-order valence-electron chi connectivity index (χ3n) is 4.36.